The summed E-state index contributed by atoms with van der Waals surface area (Å²) in [5, 5.41) is 3.47. The molecule has 0 saturated carbocycles. The molecule has 2 heterocycles. The second-order valence-corrected chi connectivity index (χ2v) is 7.42. The van der Waals surface area contributed by atoms with Crippen molar-refractivity contribution in [3.8, 4) is 17.2 Å². The standard InChI is InChI=1S/C23H26N2O2/c1-16-13-24-14-20(16)12-18-8-10-21(11-9-18)26-15-22-17(2)27-23(25-22)19-6-4-3-5-7-19/h3-11,16,20,24H,12-15H2,1-2H3/t16-,20+/m0/s1. The lowest BCUT2D eigenvalue weighted by Crippen LogP contribution is -2.12. The second-order valence-electron chi connectivity index (χ2n) is 7.42. The number of hydrogen-bond donors (Lipinski definition) is 1. The Bertz CT molecular complexity index is 871. The van der Waals surface area contributed by atoms with Crippen LogP contribution in [0.5, 0.6) is 5.75 Å². The van der Waals surface area contributed by atoms with Gasteiger partial charge in [-0.1, -0.05) is 37.3 Å². The number of aromatic nitrogens is 1. The molecule has 0 radical (unpaired) electrons. The van der Waals surface area contributed by atoms with Crippen molar-refractivity contribution in [2.75, 3.05) is 13.1 Å². The largest absolute Gasteiger partial charge is 0.487 e. The number of nitrogens with one attached hydrogen (secondary N) is 1. The molecule has 1 saturated heterocycles. The van der Waals surface area contributed by atoms with Crippen LogP contribution in [-0.2, 0) is 13.0 Å². The highest BCUT2D eigenvalue weighted by Crippen LogP contribution is 2.24. The first-order valence-electron chi connectivity index (χ1n) is 9.63. The van der Waals surface area contributed by atoms with Gasteiger partial charge in [0.15, 0.2) is 0 Å². The van der Waals surface area contributed by atoms with Crippen molar-refractivity contribution in [2.45, 2.75) is 26.9 Å². The lowest BCUT2D eigenvalue weighted by Gasteiger charge is -2.14. The lowest BCUT2D eigenvalue weighted by atomic mass is 9.91. The van der Waals surface area contributed by atoms with E-state index >= 15 is 0 Å². The SMILES string of the molecule is Cc1oc(-c2ccccc2)nc1COc1ccc(C[C@@H]2CNC[C@@H]2C)cc1. The first-order valence-corrected chi connectivity index (χ1v) is 9.63. The minimum Gasteiger partial charge on any atom is -0.487 e. The molecule has 1 aliphatic rings. The topological polar surface area (TPSA) is 47.3 Å². The van der Waals surface area contributed by atoms with Gasteiger partial charge in [0.1, 0.15) is 23.8 Å². The van der Waals surface area contributed by atoms with Crippen LogP contribution in [0.15, 0.2) is 59.0 Å². The van der Waals surface area contributed by atoms with E-state index in [2.05, 4.69) is 41.5 Å². The second kappa shape index (κ2) is 7.97. The third kappa shape index (κ3) is 4.22. The number of ether oxygens (including phenoxy) is 1. The van der Waals surface area contributed by atoms with Crippen molar-refractivity contribution < 1.29 is 9.15 Å². The fourth-order valence-corrected chi connectivity index (χ4v) is 3.58. The summed E-state index contributed by atoms with van der Waals surface area (Å²) in [6.45, 7) is 6.91. The molecule has 2 atom stereocenters. The number of rotatable bonds is 6. The predicted octanol–water partition coefficient (Wildman–Crippen LogP) is 4.63. The summed E-state index contributed by atoms with van der Waals surface area (Å²) in [6.07, 6.45) is 1.12. The van der Waals surface area contributed by atoms with Gasteiger partial charge in [-0.3, -0.25) is 0 Å². The molecule has 4 rings (SSSR count). The smallest absolute Gasteiger partial charge is 0.226 e. The zero-order valence-corrected chi connectivity index (χ0v) is 15.9. The summed E-state index contributed by atoms with van der Waals surface area (Å²) in [5.74, 6) is 3.77. The van der Waals surface area contributed by atoms with Crippen LogP contribution in [0, 0.1) is 18.8 Å². The highest BCUT2D eigenvalue weighted by molar-refractivity contribution is 5.53. The van der Waals surface area contributed by atoms with Crippen LogP contribution in [-0.4, -0.2) is 18.1 Å². The van der Waals surface area contributed by atoms with E-state index in [1.165, 1.54) is 5.56 Å². The van der Waals surface area contributed by atoms with E-state index < -0.39 is 0 Å². The molecule has 1 fully saturated rings. The first-order chi connectivity index (χ1) is 13.2. The highest BCUT2D eigenvalue weighted by Gasteiger charge is 2.22. The van der Waals surface area contributed by atoms with E-state index in [9.17, 15) is 0 Å². The Kier molecular flexibility index (Phi) is 5.26. The van der Waals surface area contributed by atoms with Crippen LogP contribution in [0.2, 0.25) is 0 Å². The summed E-state index contributed by atoms with van der Waals surface area (Å²) in [4.78, 5) is 4.59. The average Bonchev–Trinajstić information content (AvgIpc) is 3.27. The van der Waals surface area contributed by atoms with E-state index in [0.717, 1.165) is 54.1 Å². The minimum absolute atomic E-state index is 0.408. The number of oxazole rings is 1. The molecule has 4 nitrogen and oxygen atoms in total. The lowest BCUT2D eigenvalue weighted by molar-refractivity contribution is 0.299. The van der Waals surface area contributed by atoms with Gasteiger partial charge < -0.3 is 14.5 Å². The molecule has 2 aromatic carbocycles. The maximum absolute atomic E-state index is 5.93. The van der Waals surface area contributed by atoms with Gasteiger partial charge in [-0.05, 0) is 68.1 Å². The molecule has 1 N–H and O–H groups in total. The van der Waals surface area contributed by atoms with Crippen molar-refractivity contribution >= 4 is 0 Å². The van der Waals surface area contributed by atoms with E-state index in [-0.39, 0.29) is 0 Å². The first kappa shape index (κ1) is 17.8. The van der Waals surface area contributed by atoms with E-state index in [0.29, 0.717) is 12.5 Å². The van der Waals surface area contributed by atoms with Crippen LogP contribution in [0.1, 0.15) is 23.9 Å². The van der Waals surface area contributed by atoms with Gasteiger partial charge >= 0.3 is 0 Å². The zero-order valence-electron chi connectivity index (χ0n) is 15.9. The van der Waals surface area contributed by atoms with Gasteiger partial charge in [-0.2, -0.15) is 0 Å². The Morgan fingerprint density at radius 2 is 1.85 bits per heavy atom. The van der Waals surface area contributed by atoms with Crippen molar-refractivity contribution in [3.63, 3.8) is 0 Å². The van der Waals surface area contributed by atoms with Gasteiger partial charge in [-0.25, -0.2) is 4.98 Å². The van der Waals surface area contributed by atoms with Gasteiger partial charge in [0.25, 0.3) is 0 Å². The van der Waals surface area contributed by atoms with E-state index in [1.807, 2.05) is 37.3 Å². The normalized spacial score (nSPS) is 19.3. The molecule has 3 aromatic rings. The Labute approximate surface area is 160 Å². The maximum Gasteiger partial charge on any atom is 0.226 e. The summed E-state index contributed by atoms with van der Waals surface area (Å²) in [5.41, 5.74) is 3.18. The molecular weight excluding hydrogens is 336 g/mol. The molecule has 0 unspecified atom stereocenters. The number of hydrogen-bond acceptors (Lipinski definition) is 4. The van der Waals surface area contributed by atoms with Gasteiger partial charge in [-0.15, -0.1) is 0 Å². The average molecular weight is 362 g/mol. The minimum atomic E-state index is 0.408. The highest BCUT2D eigenvalue weighted by atomic mass is 16.5. The number of aryl methyl sites for hydroxylation is 1. The van der Waals surface area contributed by atoms with Gasteiger partial charge in [0.05, 0.1) is 0 Å². The van der Waals surface area contributed by atoms with Crippen LogP contribution in [0.25, 0.3) is 11.5 Å². The maximum atomic E-state index is 5.93. The molecule has 4 heteroatoms. The van der Waals surface area contributed by atoms with E-state index in [1.54, 1.807) is 0 Å². The van der Waals surface area contributed by atoms with Crippen LogP contribution in [0.3, 0.4) is 0 Å². The molecule has 0 spiro atoms. The van der Waals surface area contributed by atoms with Crippen molar-refractivity contribution in [1.29, 1.82) is 0 Å². The van der Waals surface area contributed by atoms with Crippen molar-refractivity contribution in [1.82, 2.24) is 10.3 Å². The molecule has 1 aliphatic heterocycles. The fraction of sp³-hybridized carbons (Fsp3) is 0.348. The van der Waals surface area contributed by atoms with Crippen LogP contribution in [0.4, 0.5) is 0 Å². The van der Waals surface area contributed by atoms with Gasteiger partial charge in [0, 0.05) is 5.56 Å². The summed E-state index contributed by atoms with van der Waals surface area (Å²) in [7, 11) is 0. The zero-order chi connectivity index (χ0) is 18.6. The Hall–Kier alpha value is -2.59. The number of nitrogens with zero attached hydrogens (tertiary/aromatic N) is 1. The Balaban J connectivity index is 1.37. The summed E-state index contributed by atoms with van der Waals surface area (Å²) in [6, 6.07) is 18.4. The Morgan fingerprint density at radius 1 is 1.07 bits per heavy atom. The Morgan fingerprint density at radius 3 is 2.56 bits per heavy atom. The van der Waals surface area contributed by atoms with Crippen molar-refractivity contribution in [2.24, 2.45) is 11.8 Å². The van der Waals surface area contributed by atoms with E-state index in [4.69, 9.17) is 9.15 Å². The van der Waals surface area contributed by atoms with Crippen LogP contribution < -0.4 is 10.1 Å². The molecular formula is C23H26N2O2. The molecule has 0 amide bonds. The van der Waals surface area contributed by atoms with Gasteiger partial charge in [0.2, 0.25) is 5.89 Å². The summed E-state index contributed by atoms with van der Waals surface area (Å²) < 4.78 is 11.7. The third-order valence-electron chi connectivity index (χ3n) is 5.39. The van der Waals surface area contributed by atoms with Crippen LogP contribution >= 0.6 is 0 Å². The third-order valence-corrected chi connectivity index (χ3v) is 5.39. The molecule has 0 aliphatic carbocycles. The molecule has 0 bridgehead atoms. The molecule has 140 valence electrons. The number of benzene rings is 2. The predicted molar refractivity (Wildman–Crippen MR) is 107 cm³/mol. The quantitative estimate of drug-likeness (QED) is 0.695. The molecule has 1 aromatic heterocycles. The van der Waals surface area contributed by atoms with Crippen molar-refractivity contribution in [3.05, 3.63) is 71.6 Å². The fourth-order valence-electron chi connectivity index (χ4n) is 3.58. The molecule has 27 heavy (non-hydrogen) atoms. The monoisotopic (exact) mass is 362 g/mol. The summed E-state index contributed by atoms with van der Waals surface area (Å²) >= 11 is 0.